The van der Waals surface area contributed by atoms with E-state index >= 15 is 0 Å². The Bertz CT molecular complexity index is 1360. The van der Waals surface area contributed by atoms with Crippen LogP contribution >= 0.6 is 23.4 Å². The van der Waals surface area contributed by atoms with Gasteiger partial charge in [0.25, 0.3) is 0 Å². The fourth-order valence-electron chi connectivity index (χ4n) is 3.59. The van der Waals surface area contributed by atoms with E-state index in [4.69, 9.17) is 31.0 Å². The third-order valence-electron chi connectivity index (χ3n) is 5.31. The quantitative estimate of drug-likeness (QED) is 0.225. The van der Waals surface area contributed by atoms with E-state index in [1.54, 1.807) is 19.2 Å². The number of amides is 1. The Hall–Kier alpha value is -3.55. The Morgan fingerprint density at radius 2 is 1.82 bits per heavy atom. The van der Waals surface area contributed by atoms with E-state index in [1.165, 1.54) is 11.8 Å². The Balaban J connectivity index is 1.45. The summed E-state index contributed by atoms with van der Waals surface area (Å²) in [7, 11) is 1.62. The van der Waals surface area contributed by atoms with E-state index in [9.17, 15) is 4.79 Å². The van der Waals surface area contributed by atoms with Crippen LogP contribution in [0.4, 0.5) is 5.69 Å². The predicted octanol–water partition coefficient (Wildman–Crippen LogP) is 6.23. The molecule has 34 heavy (non-hydrogen) atoms. The summed E-state index contributed by atoms with van der Waals surface area (Å²) in [5.41, 5.74) is 3.33. The number of fused-ring (bicyclic) bond motifs is 2. The van der Waals surface area contributed by atoms with Gasteiger partial charge in [-0.15, -0.1) is 0 Å². The summed E-state index contributed by atoms with van der Waals surface area (Å²) in [6, 6.07) is 22.5. The summed E-state index contributed by atoms with van der Waals surface area (Å²) >= 11 is 7.52. The first-order valence-corrected chi connectivity index (χ1v) is 12.0. The molecule has 0 atom stereocenters. The second-order valence-corrected chi connectivity index (χ2v) is 8.94. The van der Waals surface area contributed by atoms with Crippen molar-refractivity contribution in [2.75, 3.05) is 18.2 Å². The van der Waals surface area contributed by atoms with Crippen molar-refractivity contribution in [2.24, 2.45) is 0 Å². The highest BCUT2D eigenvalue weighted by molar-refractivity contribution is 8.00. The molecule has 0 aliphatic carbocycles. The van der Waals surface area contributed by atoms with E-state index in [0.29, 0.717) is 33.9 Å². The number of anilines is 1. The number of halogens is 1. The van der Waals surface area contributed by atoms with Crippen LogP contribution in [0.25, 0.3) is 11.4 Å². The molecule has 1 amide bonds. The van der Waals surface area contributed by atoms with Gasteiger partial charge >= 0.3 is 0 Å². The van der Waals surface area contributed by atoms with Gasteiger partial charge in [-0.1, -0.05) is 53.7 Å². The predicted molar refractivity (Wildman–Crippen MR) is 134 cm³/mol. The molecule has 1 aliphatic heterocycles. The molecule has 0 fully saturated rings. The Morgan fingerprint density at radius 1 is 1.06 bits per heavy atom. The number of rotatable bonds is 6. The molecule has 1 aliphatic rings. The fraction of sp³-hybridized carbons (Fsp3) is 0.115. The number of carbonyl (C=O) groups excluding carboxylic acids is 1. The summed E-state index contributed by atoms with van der Waals surface area (Å²) in [6.45, 7) is 0. The molecular weight excluding hydrogens is 470 g/mol. The van der Waals surface area contributed by atoms with Crippen molar-refractivity contribution in [3.63, 3.8) is 0 Å². The lowest BCUT2D eigenvalue weighted by atomic mass is 10.0. The number of ether oxygens (including phenoxy) is 2. The number of aromatic nitrogens is 2. The van der Waals surface area contributed by atoms with Crippen molar-refractivity contribution >= 4 is 35.0 Å². The van der Waals surface area contributed by atoms with Crippen LogP contribution < -0.4 is 14.8 Å². The minimum atomic E-state index is -0.173. The van der Waals surface area contributed by atoms with Crippen LogP contribution in [0.5, 0.6) is 17.4 Å². The Labute approximate surface area is 206 Å². The molecule has 8 heteroatoms. The minimum absolute atomic E-state index is 0.165. The van der Waals surface area contributed by atoms with Crippen LogP contribution in [0.15, 0.2) is 77.8 Å². The molecule has 0 saturated carbocycles. The molecule has 0 spiro atoms. The van der Waals surface area contributed by atoms with Gasteiger partial charge in [0.15, 0.2) is 5.82 Å². The molecule has 0 bridgehead atoms. The van der Waals surface area contributed by atoms with Gasteiger partial charge in [-0.2, -0.15) is 4.98 Å². The maximum atomic E-state index is 12.7. The summed E-state index contributed by atoms with van der Waals surface area (Å²) in [5.74, 6) is 2.55. The van der Waals surface area contributed by atoms with Crippen LogP contribution in [0, 0.1) is 0 Å². The number of nitrogens with zero attached hydrogens (tertiary/aromatic N) is 2. The highest BCUT2D eigenvalue weighted by Gasteiger charge is 2.24. The first kappa shape index (κ1) is 22.3. The second-order valence-electron chi connectivity index (χ2n) is 7.57. The SMILES string of the molecule is COc1ccc(-c2nc3c(c(SCC(=O)Nc4ccccc4Cl)n2)Cc2ccccc2O3)cc1. The molecule has 3 aromatic carbocycles. The standard InChI is InChI=1S/C26H20ClN3O3S/c1-32-18-12-10-16(11-13-18)24-29-25-19(14-17-6-2-5-9-22(17)33-25)26(30-24)34-15-23(31)28-21-8-4-3-7-20(21)27/h2-13H,14-15H2,1H3,(H,28,31). The molecule has 1 aromatic heterocycles. The Kier molecular flexibility index (Phi) is 6.38. The molecule has 4 aromatic rings. The van der Waals surface area contributed by atoms with E-state index in [0.717, 1.165) is 28.2 Å². The summed E-state index contributed by atoms with van der Waals surface area (Å²) in [5, 5.41) is 4.06. The maximum absolute atomic E-state index is 12.7. The van der Waals surface area contributed by atoms with Gasteiger partial charge in [-0.05, 0) is 48.0 Å². The van der Waals surface area contributed by atoms with E-state index in [-0.39, 0.29) is 11.7 Å². The van der Waals surface area contributed by atoms with E-state index in [2.05, 4.69) is 5.32 Å². The molecule has 2 heterocycles. The number of para-hydroxylation sites is 2. The van der Waals surface area contributed by atoms with Crippen LogP contribution in [0.1, 0.15) is 11.1 Å². The normalized spacial score (nSPS) is 11.7. The molecule has 0 radical (unpaired) electrons. The van der Waals surface area contributed by atoms with Gasteiger partial charge < -0.3 is 14.8 Å². The molecule has 1 N–H and O–H groups in total. The summed E-state index contributed by atoms with van der Waals surface area (Å²) in [4.78, 5) is 22.2. The van der Waals surface area contributed by atoms with E-state index < -0.39 is 0 Å². The lowest BCUT2D eigenvalue weighted by molar-refractivity contribution is -0.113. The number of hydrogen-bond acceptors (Lipinski definition) is 6. The molecule has 0 unspecified atom stereocenters. The summed E-state index contributed by atoms with van der Waals surface area (Å²) in [6.07, 6.45) is 0.628. The number of benzene rings is 3. The van der Waals surface area contributed by atoms with Crippen molar-refractivity contribution in [3.8, 4) is 28.8 Å². The van der Waals surface area contributed by atoms with Gasteiger partial charge in [-0.25, -0.2) is 4.98 Å². The summed E-state index contributed by atoms with van der Waals surface area (Å²) < 4.78 is 11.4. The molecule has 5 rings (SSSR count). The highest BCUT2D eigenvalue weighted by atomic mass is 35.5. The van der Waals surface area contributed by atoms with Crippen molar-refractivity contribution in [3.05, 3.63) is 88.9 Å². The lowest BCUT2D eigenvalue weighted by Crippen LogP contribution is -2.15. The Morgan fingerprint density at radius 3 is 2.62 bits per heavy atom. The zero-order chi connectivity index (χ0) is 23.5. The van der Waals surface area contributed by atoms with Gasteiger partial charge in [0.1, 0.15) is 16.5 Å². The number of hydrogen-bond donors (Lipinski definition) is 1. The molecular formula is C26H20ClN3O3S. The zero-order valence-electron chi connectivity index (χ0n) is 18.2. The van der Waals surface area contributed by atoms with Crippen LogP contribution in [0.3, 0.4) is 0 Å². The van der Waals surface area contributed by atoms with Crippen molar-refractivity contribution < 1.29 is 14.3 Å². The third kappa shape index (κ3) is 4.71. The third-order valence-corrected chi connectivity index (χ3v) is 6.66. The first-order valence-electron chi connectivity index (χ1n) is 10.6. The average Bonchev–Trinajstić information content (AvgIpc) is 2.87. The smallest absolute Gasteiger partial charge is 0.234 e. The van der Waals surface area contributed by atoms with Gasteiger partial charge in [0, 0.05) is 12.0 Å². The van der Waals surface area contributed by atoms with Crippen LogP contribution in [-0.4, -0.2) is 28.7 Å². The van der Waals surface area contributed by atoms with Gasteiger partial charge in [0.2, 0.25) is 11.8 Å². The molecule has 0 saturated heterocycles. The van der Waals surface area contributed by atoms with E-state index in [1.807, 2.05) is 60.7 Å². The number of carbonyl (C=O) groups is 1. The van der Waals surface area contributed by atoms with Gasteiger partial charge in [-0.3, -0.25) is 4.79 Å². The van der Waals surface area contributed by atoms with Crippen molar-refractivity contribution in [1.82, 2.24) is 9.97 Å². The number of methoxy groups -OCH3 is 1. The molecule has 170 valence electrons. The van der Waals surface area contributed by atoms with Crippen molar-refractivity contribution in [1.29, 1.82) is 0 Å². The number of nitrogens with one attached hydrogen (secondary N) is 1. The largest absolute Gasteiger partial charge is 0.497 e. The van der Waals surface area contributed by atoms with Crippen LogP contribution in [-0.2, 0) is 11.2 Å². The minimum Gasteiger partial charge on any atom is -0.497 e. The van der Waals surface area contributed by atoms with Crippen LogP contribution in [0.2, 0.25) is 5.02 Å². The maximum Gasteiger partial charge on any atom is 0.234 e. The first-order chi connectivity index (χ1) is 16.6. The lowest BCUT2D eigenvalue weighted by Gasteiger charge is -2.21. The molecule has 6 nitrogen and oxygen atoms in total. The van der Waals surface area contributed by atoms with Crippen molar-refractivity contribution in [2.45, 2.75) is 11.4 Å². The fourth-order valence-corrected chi connectivity index (χ4v) is 4.60. The zero-order valence-corrected chi connectivity index (χ0v) is 19.8. The topological polar surface area (TPSA) is 73.3 Å². The monoisotopic (exact) mass is 489 g/mol. The van der Waals surface area contributed by atoms with Gasteiger partial charge in [0.05, 0.1) is 29.1 Å². The highest BCUT2D eigenvalue weighted by Crippen LogP contribution is 2.40. The average molecular weight is 490 g/mol. The number of thioether (sulfide) groups is 1. The second kappa shape index (κ2) is 9.75.